The molecule has 5 nitrogen and oxygen atoms in total. The Morgan fingerprint density at radius 3 is 2.64 bits per heavy atom. The predicted molar refractivity (Wildman–Crippen MR) is 99.7 cm³/mol. The fourth-order valence-corrected chi connectivity index (χ4v) is 2.94. The van der Waals surface area contributed by atoms with E-state index in [1.807, 2.05) is 0 Å². The zero-order valence-corrected chi connectivity index (χ0v) is 14.4. The minimum Gasteiger partial charge on any atom is -0.506 e. The Bertz CT molecular complexity index is 1160. The molecule has 1 aromatic heterocycles. The molecule has 0 bridgehead atoms. The van der Waals surface area contributed by atoms with Crippen LogP contribution in [0, 0.1) is 0 Å². The number of halogens is 1. The van der Waals surface area contributed by atoms with Gasteiger partial charge in [-0.2, -0.15) is 0 Å². The first kappa shape index (κ1) is 13.5. The van der Waals surface area contributed by atoms with Gasteiger partial charge in [0.25, 0.3) is 11.5 Å². The molecule has 0 aliphatic rings. The van der Waals surface area contributed by atoms with Gasteiger partial charge in [0.2, 0.25) is 0 Å². The summed E-state index contributed by atoms with van der Waals surface area (Å²) in [6.07, 6.45) is 0. The highest BCUT2D eigenvalue weighted by Crippen LogP contribution is 2.33. The molecule has 1 N–H and O–H groups in total. The van der Waals surface area contributed by atoms with Crippen molar-refractivity contribution in [1.29, 1.82) is 0 Å². The normalized spacial score (nSPS) is 12.5. The smallest absolute Gasteiger partial charge is 0.267 e. The molecule has 25 heavy (non-hydrogen) atoms. The average Bonchev–Trinajstić information content (AvgIpc) is 2.69. The van der Waals surface area contributed by atoms with Crippen LogP contribution in [-0.2, 0) is 7.05 Å². The van der Waals surface area contributed by atoms with Crippen LogP contribution in [0.3, 0.4) is 0 Å². The summed E-state index contributed by atoms with van der Waals surface area (Å²) in [5.41, 5.74) is -0.871. The van der Waals surface area contributed by atoms with Gasteiger partial charge in [0.15, 0.2) is 0 Å². The largest absolute Gasteiger partial charge is 0.506 e. The molecule has 0 fully saturated rings. The van der Waals surface area contributed by atoms with Gasteiger partial charge < -0.3 is 14.6 Å². The van der Waals surface area contributed by atoms with Gasteiger partial charge in [-0.3, -0.25) is 9.59 Å². The molecule has 1 amide bonds. The highest BCUT2D eigenvalue weighted by Gasteiger charge is 2.26. The molecule has 0 radical (unpaired) electrons. The number of amides is 1. The number of rotatable bonds is 3. The summed E-state index contributed by atoms with van der Waals surface area (Å²) in [5, 5.41) is 10.3. The maximum absolute atomic E-state index is 13.1. The molecule has 6 heteroatoms. The topological polar surface area (TPSA) is 62.5 Å². The number of fused-ring (bicyclic) bond motifs is 1. The quantitative estimate of drug-likeness (QED) is 0.777. The number of aromatic nitrogens is 1. The van der Waals surface area contributed by atoms with Crippen molar-refractivity contribution in [3.8, 4) is 5.75 Å². The zero-order valence-electron chi connectivity index (χ0n) is 16.6. The van der Waals surface area contributed by atoms with Crippen molar-refractivity contribution < 1.29 is 14.0 Å². The summed E-state index contributed by atoms with van der Waals surface area (Å²) in [6.45, 7) is 1.98. The molecule has 0 spiro atoms. The van der Waals surface area contributed by atoms with Gasteiger partial charge in [-0.05, 0) is 31.1 Å². The number of carbonyl (C=O) groups is 1. The second-order valence-electron chi connectivity index (χ2n) is 5.39. The molecular weight excluding hydrogens is 340 g/mol. The molecule has 1 heterocycles. The van der Waals surface area contributed by atoms with Gasteiger partial charge in [0, 0.05) is 19.3 Å². The van der Waals surface area contributed by atoms with Crippen LogP contribution in [0.4, 0.5) is 5.69 Å². The summed E-state index contributed by atoms with van der Waals surface area (Å²) in [5.74, 6) is -1.41. The molecule has 0 saturated carbocycles. The SMILES string of the molecule is [2H]c1c([2H])c([2H])c2c(c(O)c(C(=O)N(CC)c3ccccc3)c(=O)n2C)c1Cl. The Labute approximate surface area is 153 Å². The highest BCUT2D eigenvalue weighted by molar-refractivity contribution is 6.36. The van der Waals surface area contributed by atoms with Crippen molar-refractivity contribution in [2.75, 3.05) is 11.4 Å². The van der Waals surface area contributed by atoms with Crippen molar-refractivity contribution in [2.45, 2.75) is 6.92 Å². The van der Waals surface area contributed by atoms with E-state index in [0.717, 1.165) is 4.57 Å². The molecule has 3 aromatic rings. The lowest BCUT2D eigenvalue weighted by Gasteiger charge is -2.22. The molecule has 0 saturated heterocycles. The van der Waals surface area contributed by atoms with E-state index < -0.39 is 40.9 Å². The molecule has 128 valence electrons. The third-order valence-electron chi connectivity index (χ3n) is 3.98. The molecule has 0 aliphatic heterocycles. The standard InChI is InChI=1S/C19H17ClN2O3/c1-3-22(12-8-5-4-6-9-12)19(25)16-17(23)15-13(20)10-7-11-14(15)21(2)18(16)24/h4-11,23H,3H2,1-2H3/i7D,10D,11D. The molecule has 3 rings (SSSR count). The van der Waals surface area contributed by atoms with Crippen molar-refractivity contribution >= 4 is 34.1 Å². The predicted octanol–water partition coefficient (Wildman–Crippen LogP) is 3.56. The lowest BCUT2D eigenvalue weighted by Crippen LogP contribution is -2.36. The number of pyridine rings is 1. The molecule has 0 unspecified atom stereocenters. The zero-order chi connectivity index (χ0) is 20.7. The van der Waals surface area contributed by atoms with Gasteiger partial charge in [0.05, 0.1) is 20.0 Å². The minimum atomic E-state index is -0.814. The van der Waals surface area contributed by atoms with Gasteiger partial charge in [-0.25, -0.2) is 0 Å². The van der Waals surface area contributed by atoms with Crippen molar-refractivity contribution in [1.82, 2.24) is 4.57 Å². The van der Waals surface area contributed by atoms with E-state index in [4.69, 9.17) is 15.7 Å². The summed E-state index contributed by atoms with van der Waals surface area (Å²) >= 11 is 6.15. The molecule has 0 aliphatic carbocycles. The maximum Gasteiger partial charge on any atom is 0.267 e. The van der Waals surface area contributed by atoms with Crippen molar-refractivity contribution in [2.24, 2.45) is 7.05 Å². The lowest BCUT2D eigenvalue weighted by atomic mass is 10.1. The fourth-order valence-electron chi connectivity index (χ4n) is 2.72. The van der Waals surface area contributed by atoms with Crippen LogP contribution in [0.1, 0.15) is 21.4 Å². The van der Waals surface area contributed by atoms with Gasteiger partial charge >= 0.3 is 0 Å². The highest BCUT2D eigenvalue weighted by atomic mass is 35.5. The van der Waals surface area contributed by atoms with E-state index in [1.165, 1.54) is 11.9 Å². The fraction of sp³-hybridized carbons (Fsp3) is 0.158. The van der Waals surface area contributed by atoms with E-state index in [1.54, 1.807) is 37.3 Å². The van der Waals surface area contributed by atoms with E-state index in [9.17, 15) is 14.7 Å². The third-order valence-corrected chi connectivity index (χ3v) is 4.26. The number of aromatic hydroxyl groups is 1. The number of hydrogen-bond donors (Lipinski definition) is 1. The Balaban J connectivity index is 2.37. The van der Waals surface area contributed by atoms with Crippen molar-refractivity contribution in [3.63, 3.8) is 0 Å². The van der Waals surface area contributed by atoms with Gasteiger partial charge in [0.1, 0.15) is 11.3 Å². The first-order valence-corrected chi connectivity index (χ1v) is 7.97. The molecular formula is C19H17ClN2O3. The lowest BCUT2D eigenvalue weighted by molar-refractivity contribution is 0.0984. The average molecular weight is 360 g/mol. The Hall–Kier alpha value is -2.79. The second kappa shape index (κ2) is 6.61. The van der Waals surface area contributed by atoms with Crippen LogP contribution >= 0.6 is 11.6 Å². The number of aryl methyl sites for hydroxylation is 1. The molecule has 2 aromatic carbocycles. The van der Waals surface area contributed by atoms with Crippen LogP contribution in [0.25, 0.3) is 10.9 Å². The Morgan fingerprint density at radius 1 is 1.32 bits per heavy atom. The first-order chi connectivity index (χ1) is 13.2. The summed E-state index contributed by atoms with van der Waals surface area (Å²) in [4.78, 5) is 27.3. The summed E-state index contributed by atoms with van der Waals surface area (Å²) in [7, 11) is 1.33. The third kappa shape index (κ3) is 2.76. The van der Waals surface area contributed by atoms with Crippen LogP contribution in [0.2, 0.25) is 5.02 Å². The second-order valence-corrected chi connectivity index (χ2v) is 5.76. The van der Waals surface area contributed by atoms with Crippen molar-refractivity contribution in [3.05, 3.63) is 69.4 Å². The number of hydrogen-bond acceptors (Lipinski definition) is 3. The monoisotopic (exact) mass is 359 g/mol. The Kier molecular flexibility index (Phi) is 3.57. The van der Waals surface area contributed by atoms with E-state index in [-0.39, 0.29) is 22.5 Å². The Morgan fingerprint density at radius 2 is 2.00 bits per heavy atom. The van der Waals surface area contributed by atoms with Crippen LogP contribution in [0.15, 0.2) is 53.3 Å². The maximum atomic E-state index is 13.1. The summed E-state index contributed by atoms with van der Waals surface area (Å²) in [6, 6.07) is 7.34. The number of nitrogens with zero attached hydrogens (tertiary/aromatic N) is 2. The van der Waals surface area contributed by atoms with E-state index in [0.29, 0.717) is 5.69 Å². The first-order valence-electron chi connectivity index (χ1n) is 9.10. The van der Waals surface area contributed by atoms with Crippen LogP contribution < -0.4 is 10.5 Å². The summed E-state index contributed by atoms with van der Waals surface area (Å²) < 4.78 is 24.8. The number of benzene rings is 2. The minimum absolute atomic E-state index is 0.104. The van der Waals surface area contributed by atoms with Crippen LogP contribution in [-0.4, -0.2) is 22.1 Å². The van der Waals surface area contributed by atoms with E-state index >= 15 is 0 Å². The number of carbonyl (C=O) groups excluding carboxylic acids is 1. The van der Waals surface area contributed by atoms with Gasteiger partial charge in [-0.15, -0.1) is 0 Å². The van der Waals surface area contributed by atoms with E-state index in [2.05, 4.69) is 0 Å². The van der Waals surface area contributed by atoms with Gasteiger partial charge in [-0.1, -0.05) is 35.8 Å². The molecule has 0 atom stereocenters. The number of para-hydroxylation sites is 1. The number of anilines is 1. The van der Waals surface area contributed by atoms with Crippen LogP contribution in [0.5, 0.6) is 5.75 Å².